The summed E-state index contributed by atoms with van der Waals surface area (Å²) in [5.41, 5.74) is 0.629. The van der Waals surface area contributed by atoms with Crippen LogP contribution in [0.25, 0.3) is 0 Å². The fourth-order valence-corrected chi connectivity index (χ4v) is 3.11. The molecule has 2 N–H and O–H groups in total. The first-order valence-electron chi connectivity index (χ1n) is 6.71. The summed E-state index contributed by atoms with van der Waals surface area (Å²) in [5.74, 6) is 5.61. The van der Waals surface area contributed by atoms with E-state index in [0.29, 0.717) is 12.0 Å². The van der Waals surface area contributed by atoms with Crippen LogP contribution in [0.3, 0.4) is 0 Å². The monoisotopic (exact) mass is 295 g/mol. The highest BCUT2D eigenvalue weighted by atomic mass is 32.2. The number of aliphatic hydroxyl groups is 1. The average Bonchev–Trinajstić information content (AvgIpc) is 2.39. The van der Waals surface area contributed by atoms with E-state index in [1.807, 2.05) is 13.8 Å². The van der Waals surface area contributed by atoms with Crippen LogP contribution in [-0.2, 0) is 10.0 Å². The summed E-state index contributed by atoms with van der Waals surface area (Å²) >= 11 is 0. The number of aliphatic hydroxyl groups excluding tert-OH is 1. The van der Waals surface area contributed by atoms with E-state index in [9.17, 15) is 8.42 Å². The topological polar surface area (TPSA) is 66.4 Å². The largest absolute Gasteiger partial charge is 0.395 e. The second-order valence-corrected chi connectivity index (χ2v) is 6.33. The summed E-state index contributed by atoms with van der Waals surface area (Å²) in [5, 5.41) is 8.67. The van der Waals surface area contributed by atoms with Crippen molar-refractivity contribution < 1.29 is 13.5 Å². The van der Waals surface area contributed by atoms with Gasteiger partial charge in [0.25, 0.3) is 0 Å². The highest BCUT2D eigenvalue weighted by molar-refractivity contribution is 7.89. The van der Waals surface area contributed by atoms with Crippen LogP contribution in [0.2, 0.25) is 0 Å². The van der Waals surface area contributed by atoms with Crippen molar-refractivity contribution in [3.63, 3.8) is 0 Å². The van der Waals surface area contributed by atoms with Crippen LogP contribution in [0.5, 0.6) is 0 Å². The maximum Gasteiger partial charge on any atom is 0.240 e. The van der Waals surface area contributed by atoms with Crippen molar-refractivity contribution in [2.24, 2.45) is 0 Å². The standard InChI is InChI=1S/C15H21NO3S/c1-3-7-13(2)16-20(18,19)15-10-6-9-14(12-15)8-4-5-11-17/h6,9-10,12-13,16-17H,3,5,7,11H2,1-2H3. The fourth-order valence-electron chi connectivity index (χ4n) is 1.79. The van der Waals surface area contributed by atoms with E-state index in [-0.39, 0.29) is 17.5 Å². The molecule has 0 aliphatic carbocycles. The van der Waals surface area contributed by atoms with Crippen molar-refractivity contribution in [2.75, 3.05) is 6.61 Å². The summed E-state index contributed by atoms with van der Waals surface area (Å²) in [4.78, 5) is 0.219. The van der Waals surface area contributed by atoms with Gasteiger partial charge in [-0.2, -0.15) is 0 Å². The zero-order chi connectivity index (χ0) is 15.0. The molecule has 5 heteroatoms. The van der Waals surface area contributed by atoms with Crippen molar-refractivity contribution in [1.29, 1.82) is 0 Å². The van der Waals surface area contributed by atoms with Crippen LogP contribution < -0.4 is 4.72 Å². The molecule has 0 fully saturated rings. The summed E-state index contributed by atoms with van der Waals surface area (Å²) in [6.45, 7) is 3.87. The Labute approximate surface area is 121 Å². The minimum Gasteiger partial charge on any atom is -0.395 e. The molecule has 1 unspecified atom stereocenters. The van der Waals surface area contributed by atoms with Gasteiger partial charge in [-0.25, -0.2) is 13.1 Å². The molecule has 1 rings (SSSR count). The van der Waals surface area contributed by atoms with Crippen molar-refractivity contribution in [3.8, 4) is 11.8 Å². The first kappa shape index (κ1) is 16.7. The van der Waals surface area contributed by atoms with Crippen LogP contribution in [0.4, 0.5) is 0 Å². The Bertz CT molecular complexity index is 585. The third-order valence-corrected chi connectivity index (χ3v) is 4.28. The van der Waals surface area contributed by atoms with Gasteiger partial charge in [0, 0.05) is 18.0 Å². The minimum atomic E-state index is -3.50. The zero-order valence-corrected chi connectivity index (χ0v) is 12.7. The molecule has 110 valence electrons. The Balaban J connectivity index is 2.91. The van der Waals surface area contributed by atoms with Gasteiger partial charge in [-0.1, -0.05) is 31.3 Å². The van der Waals surface area contributed by atoms with E-state index in [4.69, 9.17) is 5.11 Å². The molecule has 1 atom stereocenters. The molecular formula is C15H21NO3S. The van der Waals surface area contributed by atoms with Crippen molar-refractivity contribution in [3.05, 3.63) is 29.8 Å². The van der Waals surface area contributed by atoms with Crippen molar-refractivity contribution in [1.82, 2.24) is 4.72 Å². The maximum atomic E-state index is 12.2. The Morgan fingerprint density at radius 1 is 1.40 bits per heavy atom. The predicted octanol–water partition coefficient (Wildman–Crippen LogP) is 1.89. The summed E-state index contributed by atoms with van der Waals surface area (Å²) in [6.07, 6.45) is 2.11. The van der Waals surface area contributed by atoms with Gasteiger partial charge in [-0.05, 0) is 31.5 Å². The summed E-state index contributed by atoms with van der Waals surface area (Å²) in [7, 11) is -3.50. The van der Waals surface area contributed by atoms with Crippen LogP contribution in [0, 0.1) is 11.8 Å². The van der Waals surface area contributed by atoms with Gasteiger partial charge < -0.3 is 5.11 Å². The minimum absolute atomic E-state index is 0.00107. The van der Waals surface area contributed by atoms with E-state index in [1.165, 1.54) is 0 Å². The quantitative estimate of drug-likeness (QED) is 0.788. The zero-order valence-electron chi connectivity index (χ0n) is 11.9. The highest BCUT2D eigenvalue weighted by Gasteiger charge is 2.16. The number of hydrogen-bond donors (Lipinski definition) is 2. The lowest BCUT2D eigenvalue weighted by molar-refractivity contribution is 0.305. The van der Waals surface area contributed by atoms with E-state index in [1.54, 1.807) is 24.3 Å². The first-order chi connectivity index (χ1) is 9.49. The molecule has 20 heavy (non-hydrogen) atoms. The second kappa shape index (κ2) is 8.05. The lowest BCUT2D eigenvalue weighted by Crippen LogP contribution is -2.32. The number of hydrogen-bond acceptors (Lipinski definition) is 3. The van der Waals surface area contributed by atoms with Gasteiger partial charge in [-0.3, -0.25) is 0 Å². The number of sulfonamides is 1. The average molecular weight is 295 g/mol. The molecule has 0 aliphatic rings. The third-order valence-electron chi connectivity index (χ3n) is 2.69. The van der Waals surface area contributed by atoms with Crippen LogP contribution in [0.15, 0.2) is 29.2 Å². The van der Waals surface area contributed by atoms with Gasteiger partial charge in [0.15, 0.2) is 0 Å². The molecule has 0 saturated heterocycles. The first-order valence-corrected chi connectivity index (χ1v) is 8.20. The molecule has 0 radical (unpaired) electrons. The third kappa shape index (κ3) is 5.33. The molecule has 0 spiro atoms. The molecular weight excluding hydrogens is 274 g/mol. The smallest absolute Gasteiger partial charge is 0.240 e. The van der Waals surface area contributed by atoms with Gasteiger partial charge >= 0.3 is 0 Å². The summed E-state index contributed by atoms with van der Waals surface area (Å²) < 4.78 is 27.1. The maximum absolute atomic E-state index is 12.2. The lowest BCUT2D eigenvalue weighted by Gasteiger charge is -2.13. The molecule has 0 bridgehead atoms. The van der Waals surface area contributed by atoms with Crippen LogP contribution >= 0.6 is 0 Å². The molecule has 0 aliphatic heterocycles. The second-order valence-electron chi connectivity index (χ2n) is 4.61. The van der Waals surface area contributed by atoms with Gasteiger partial charge in [0.1, 0.15) is 0 Å². The molecule has 0 heterocycles. The Morgan fingerprint density at radius 2 is 2.15 bits per heavy atom. The number of benzene rings is 1. The van der Waals surface area contributed by atoms with Crippen LogP contribution in [-0.4, -0.2) is 26.2 Å². The van der Waals surface area contributed by atoms with E-state index in [0.717, 1.165) is 12.8 Å². The number of rotatable bonds is 6. The van der Waals surface area contributed by atoms with Crippen LogP contribution in [0.1, 0.15) is 38.7 Å². The Hall–Kier alpha value is -1.35. The van der Waals surface area contributed by atoms with Gasteiger partial charge in [-0.15, -0.1) is 0 Å². The lowest BCUT2D eigenvalue weighted by atomic mass is 10.2. The normalized spacial score (nSPS) is 12.6. The highest BCUT2D eigenvalue weighted by Crippen LogP contribution is 2.12. The van der Waals surface area contributed by atoms with Gasteiger partial charge in [0.05, 0.1) is 11.5 Å². The van der Waals surface area contributed by atoms with Crippen molar-refractivity contribution in [2.45, 2.75) is 44.0 Å². The molecule has 0 saturated carbocycles. The Kier molecular flexibility index (Phi) is 6.73. The SMILES string of the molecule is CCCC(C)NS(=O)(=O)c1cccc(C#CCCO)c1. The van der Waals surface area contributed by atoms with E-state index >= 15 is 0 Å². The molecule has 1 aromatic carbocycles. The molecule has 1 aromatic rings. The molecule has 0 amide bonds. The van der Waals surface area contributed by atoms with E-state index < -0.39 is 10.0 Å². The number of nitrogens with one attached hydrogen (secondary N) is 1. The summed E-state index contributed by atoms with van der Waals surface area (Å²) in [6, 6.07) is 6.43. The predicted molar refractivity (Wildman–Crippen MR) is 79.7 cm³/mol. The fraction of sp³-hybridized carbons (Fsp3) is 0.467. The van der Waals surface area contributed by atoms with Crippen molar-refractivity contribution >= 4 is 10.0 Å². The Morgan fingerprint density at radius 3 is 2.80 bits per heavy atom. The van der Waals surface area contributed by atoms with Gasteiger partial charge in [0.2, 0.25) is 10.0 Å². The molecule has 0 aromatic heterocycles. The molecule has 4 nitrogen and oxygen atoms in total. The van der Waals surface area contributed by atoms with E-state index in [2.05, 4.69) is 16.6 Å².